The summed E-state index contributed by atoms with van der Waals surface area (Å²) in [6.07, 6.45) is -7.41. The van der Waals surface area contributed by atoms with E-state index in [0.717, 1.165) is 0 Å². The number of hydrogen-bond acceptors (Lipinski definition) is 4. The van der Waals surface area contributed by atoms with E-state index in [4.69, 9.17) is 30.7 Å². The van der Waals surface area contributed by atoms with Crippen molar-refractivity contribution in [2.24, 2.45) is 0 Å². The summed E-state index contributed by atoms with van der Waals surface area (Å²) in [4.78, 5) is 0. The van der Waals surface area contributed by atoms with E-state index in [1.54, 1.807) is 0 Å². The molecule has 2 rings (SSSR count). The molecule has 0 saturated carbocycles. The second-order valence-corrected chi connectivity index (χ2v) is 4.95. The number of ether oxygens (including phenoxy) is 3. The predicted molar refractivity (Wildman–Crippen MR) is 99.8 cm³/mol. The largest absolute Gasteiger partial charge is 0.493 e. The molecule has 0 saturated heterocycles. The molecule has 4 heteroatoms. The van der Waals surface area contributed by atoms with Gasteiger partial charge in [0.05, 0.1) is 34.0 Å². The Morgan fingerprint density at radius 1 is 1.16 bits per heavy atom. The molecule has 0 heterocycles. The summed E-state index contributed by atoms with van der Waals surface area (Å²) >= 11 is 0. The van der Waals surface area contributed by atoms with Crippen LogP contribution in [0.4, 0.5) is 0 Å². The van der Waals surface area contributed by atoms with Crippen molar-refractivity contribution in [3.05, 3.63) is 53.4 Å². The predicted octanol–water partition coefficient (Wildman–Crippen LogP) is 4.16. The van der Waals surface area contributed by atoms with Crippen LogP contribution in [-0.4, -0.2) is 32.0 Å². The Balaban J connectivity index is 2.31. The molecule has 1 unspecified atom stereocenters. The summed E-state index contributed by atoms with van der Waals surface area (Å²) in [7, 11) is 2.46. The van der Waals surface area contributed by atoms with Crippen LogP contribution < -0.4 is 14.2 Å². The van der Waals surface area contributed by atoms with Crippen molar-refractivity contribution in [2.45, 2.75) is 38.6 Å². The van der Waals surface area contributed by atoms with Gasteiger partial charge >= 0.3 is 0 Å². The molecular weight excluding hydrogens is 316 g/mol. The average Bonchev–Trinajstić information content (AvgIpc) is 2.82. The van der Waals surface area contributed by atoms with Crippen LogP contribution in [0.3, 0.4) is 0 Å². The highest BCUT2D eigenvalue weighted by Crippen LogP contribution is 2.28. The summed E-state index contributed by atoms with van der Waals surface area (Å²) in [5.41, 5.74) is -0.232. The van der Waals surface area contributed by atoms with Crippen LogP contribution in [-0.2, 0) is 6.42 Å². The molecule has 4 nitrogen and oxygen atoms in total. The third kappa shape index (κ3) is 6.31. The molecule has 0 aliphatic heterocycles. The van der Waals surface area contributed by atoms with Gasteiger partial charge in [-0.2, -0.15) is 0 Å². The first kappa shape index (κ1) is 8.45. The Morgan fingerprint density at radius 3 is 2.72 bits per heavy atom. The molecule has 1 atom stereocenters. The van der Waals surface area contributed by atoms with Gasteiger partial charge in [-0.1, -0.05) is 24.5 Å². The van der Waals surface area contributed by atoms with Crippen molar-refractivity contribution < 1.29 is 35.8 Å². The summed E-state index contributed by atoms with van der Waals surface area (Å²) < 4.78 is 112. The molecule has 25 heavy (non-hydrogen) atoms. The molecule has 0 spiro atoms. The lowest BCUT2D eigenvalue weighted by atomic mass is 10.0. The van der Waals surface area contributed by atoms with Crippen LogP contribution in [0, 0.1) is 6.92 Å². The highest BCUT2D eigenvalue weighted by molar-refractivity contribution is 5.42. The third-order valence-electron chi connectivity index (χ3n) is 3.04. The Hall–Kier alpha value is -2.20. The minimum atomic E-state index is -3.25. The van der Waals surface area contributed by atoms with E-state index in [2.05, 4.69) is 0 Å². The molecule has 0 radical (unpaired) electrons. The minimum absolute atomic E-state index is 0.0577. The van der Waals surface area contributed by atoms with Crippen LogP contribution >= 0.6 is 0 Å². The molecule has 2 aromatic carbocycles. The highest BCUT2D eigenvalue weighted by atomic mass is 16.5. The van der Waals surface area contributed by atoms with Crippen molar-refractivity contribution in [3.63, 3.8) is 0 Å². The molecule has 0 amide bonds. The van der Waals surface area contributed by atoms with Gasteiger partial charge in [-0.15, -0.1) is 0 Å². The Kier molecular flexibility index (Phi) is 3.36. The number of benzene rings is 2. The van der Waals surface area contributed by atoms with E-state index in [0.29, 0.717) is 0 Å². The smallest absolute Gasteiger partial charge is 0.160 e. The number of methoxy groups -OCH3 is 2. The first-order valence-corrected chi connectivity index (χ1v) is 7.52. The first-order chi connectivity index (χ1) is 16.8. The van der Waals surface area contributed by atoms with Gasteiger partial charge in [0.25, 0.3) is 0 Å². The molecule has 0 bridgehead atoms. The maximum absolute atomic E-state index is 10.6. The van der Waals surface area contributed by atoms with Crippen LogP contribution in [0.1, 0.15) is 46.8 Å². The number of rotatable bonds is 10. The SMILES string of the molecule is [2H]c1c([2H])c(C)c([2H])c(OC([2H])([2H])C([2H])(O)CCC([2H])([2H])Cc2c([2H])c([2H])c(OC)c(OC)c2[2H])c1[2H]. The zero-order valence-electron chi connectivity index (χ0n) is 26.3. The topological polar surface area (TPSA) is 47.9 Å². The zero-order valence-corrected chi connectivity index (χ0v) is 14.3. The quantitative estimate of drug-likeness (QED) is 0.694. The van der Waals surface area contributed by atoms with E-state index in [1.807, 2.05) is 0 Å². The molecule has 136 valence electrons. The lowest BCUT2D eigenvalue weighted by molar-refractivity contribution is 0.0976. The molecule has 2 aromatic rings. The standard InChI is InChI=1S/C21H28O4/c1-16-7-6-10-19(13-16)25-15-18(22)9-5-4-8-17-11-12-20(23-2)21(14-17)24-3/h6-7,10-14,18,22H,4-5,8-9,15H2,1-3H3/i4D2,6D,7D,10D,11D,12D,13D,14D,15D2,18D. The summed E-state index contributed by atoms with van der Waals surface area (Å²) in [5.74, 6) is -1.04. The van der Waals surface area contributed by atoms with Gasteiger partial charge in [0.15, 0.2) is 11.5 Å². The van der Waals surface area contributed by atoms with Crippen molar-refractivity contribution in [3.8, 4) is 17.2 Å². The summed E-state index contributed by atoms with van der Waals surface area (Å²) in [5, 5.41) is 10.6. The van der Waals surface area contributed by atoms with E-state index in [9.17, 15) is 5.11 Å². The van der Waals surface area contributed by atoms with Gasteiger partial charge in [-0.05, 0) is 61.4 Å². The Bertz CT molecular complexity index is 1150. The van der Waals surface area contributed by atoms with E-state index in [-0.39, 0.29) is 28.7 Å². The first-order valence-electron chi connectivity index (χ1n) is 13.5. The molecule has 0 aliphatic carbocycles. The van der Waals surface area contributed by atoms with E-state index >= 15 is 0 Å². The maximum atomic E-state index is 10.6. The number of hydrogen-bond donors (Lipinski definition) is 1. The van der Waals surface area contributed by atoms with Crippen LogP contribution in [0.2, 0.25) is 0 Å². The molecule has 0 aromatic heterocycles. The van der Waals surface area contributed by atoms with Crippen LogP contribution in [0.5, 0.6) is 17.2 Å². The summed E-state index contributed by atoms with van der Waals surface area (Å²) in [6, 6.07) is -3.59. The van der Waals surface area contributed by atoms with E-state index in [1.165, 1.54) is 21.1 Å². The Labute approximate surface area is 167 Å². The lowest BCUT2D eigenvalue weighted by Gasteiger charge is -2.13. The van der Waals surface area contributed by atoms with E-state index < -0.39 is 80.3 Å². The normalized spacial score (nSPS) is 21.1. The molecular formula is C21H28O4. The molecule has 0 aliphatic rings. The minimum Gasteiger partial charge on any atom is -0.493 e. The average molecular weight is 357 g/mol. The fourth-order valence-electron chi connectivity index (χ4n) is 1.84. The lowest BCUT2D eigenvalue weighted by Crippen LogP contribution is -2.17. The van der Waals surface area contributed by atoms with Gasteiger partial charge in [0.2, 0.25) is 0 Å². The maximum Gasteiger partial charge on any atom is 0.160 e. The Morgan fingerprint density at radius 2 is 1.96 bits per heavy atom. The summed E-state index contributed by atoms with van der Waals surface area (Å²) in [6.45, 7) is -1.94. The van der Waals surface area contributed by atoms with Crippen LogP contribution in [0.15, 0.2) is 42.3 Å². The highest BCUT2D eigenvalue weighted by Gasteiger charge is 2.07. The van der Waals surface area contributed by atoms with Gasteiger partial charge in [-0.25, -0.2) is 0 Å². The van der Waals surface area contributed by atoms with Gasteiger partial charge in [0.1, 0.15) is 12.3 Å². The zero-order chi connectivity index (χ0) is 28.7. The fourth-order valence-corrected chi connectivity index (χ4v) is 1.84. The van der Waals surface area contributed by atoms with Gasteiger partial charge in [0, 0.05) is 2.74 Å². The van der Waals surface area contributed by atoms with Gasteiger partial charge in [-0.3, -0.25) is 0 Å². The van der Waals surface area contributed by atoms with Crippen molar-refractivity contribution >= 4 is 0 Å². The van der Waals surface area contributed by atoms with Crippen LogP contribution in [0.25, 0.3) is 0 Å². The second kappa shape index (κ2) is 9.94. The monoisotopic (exact) mass is 356 g/mol. The number of aliphatic hydroxyl groups is 1. The van der Waals surface area contributed by atoms with Crippen molar-refractivity contribution in [1.82, 2.24) is 0 Å². The molecule has 1 N–H and O–H groups in total. The molecule has 0 fully saturated rings. The second-order valence-electron chi connectivity index (χ2n) is 4.95. The fraction of sp³-hybridized carbons (Fsp3) is 0.429. The third-order valence-corrected chi connectivity index (χ3v) is 3.04. The van der Waals surface area contributed by atoms with Gasteiger partial charge < -0.3 is 19.3 Å². The van der Waals surface area contributed by atoms with Crippen molar-refractivity contribution in [1.29, 1.82) is 0 Å². The van der Waals surface area contributed by atoms with Crippen molar-refractivity contribution in [2.75, 3.05) is 20.8 Å².